The van der Waals surface area contributed by atoms with Gasteiger partial charge in [-0.25, -0.2) is 0 Å². The lowest BCUT2D eigenvalue weighted by Crippen LogP contribution is -2.23. The Morgan fingerprint density at radius 1 is 1.23 bits per heavy atom. The third-order valence-electron chi connectivity index (χ3n) is 3.37. The Bertz CT molecular complexity index is 933. The van der Waals surface area contributed by atoms with Gasteiger partial charge in [0.15, 0.2) is 0 Å². The summed E-state index contributed by atoms with van der Waals surface area (Å²) in [5.41, 5.74) is 1.11. The highest BCUT2D eigenvalue weighted by Crippen LogP contribution is 2.28. The first-order valence-corrected chi connectivity index (χ1v) is 9.08. The molecule has 0 saturated heterocycles. The molecule has 26 heavy (non-hydrogen) atoms. The molecule has 0 spiro atoms. The molecule has 3 rings (SSSR count). The van der Waals surface area contributed by atoms with Crippen LogP contribution >= 0.6 is 35.0 Å². The maximum atomic E-state index is 12.5. The Morgan fingerprint density at radius 2 is 1.96 bits per heavy atom. The van der Waals surface area contributed by atoms with Gasteiger partial charge in [0.25, 0.3) is 0 Å². The summed E-state index contributed by atoms with van der Waals surface area (Å²) in [4.78, 5) is 12.5. The van der Waals surface area contributed by atoms with E-state index in [0.29, 0.717) is 26.6 Å². The summed E-state index contributed by atoms with van der Waals surface area (Å²) in [6.07, 6.45) is 0. The molecule has 2 aromatic carbocycles. The van der Waals surface area contributed by atoms with Crippen molar-refractivity contribution < 1.29 is 9.90 Å². The van der Waals surface area contributed by atoms with Gasteiger partial charge < -0.3 is 10.4 Å². The normalized spacial score (nSPS) is 12.0. The number of aromatic hydroxyl groups is 1. The molecule has 0 radical (unpaired) electrons. The van der Waals surface area contributed by atoms with E-state index >= 15 is 0 Å². The van der Waals surface area contributed by atoms with Gasteiger partial charge in [0.1, 0.15) is 5.75 Å². The molecule has 1 atom stereocenters. The Kier molecular flexibility index (Phi) is 5.65. The number of amides is 1. The average molecular weight is 410 g/mol. The third kappa shape index (κ3) is 4.27. The van der Waals surface area contributed by atoms with E-state index in [1.807, 2.05) is 0 Å². The van der Waals surface area contributed by atoms with E-state index in [0.717, 1.165) is 0 Å². The maximum absolute atomic E-state index is 12.5. The van der Waals surface area contributed by atoms with Crippen molar-refractivity contribution in [3.63, 3.8) is 0 Å². The molecule has 0 aliphatic heterocycles. The van der Waals surface area contributed by atoms with Crippen molar-refractivity contribution in [3.8, 4) is 11.4 Å². The number of carbonyl (C=O) groups is 1. The molecular weight excluding hydrogens is 397 g/mol. The number of hydrogen-bond acceptors (Lipinski definition) is 6. The van der Waals surface area contributed by atoms with Crippen LogP contribution in [0.5, 0.6) is 5.75 Å². The minimum atomic E-state index is -0.494. The molecule has 0 aliphatic rings. The number of nitrogens with one attached hydrogen (secondary N) is 1. The highest BCUT2D eigenvalue weighted by atomic mass is 35.5. The van der Waals surface area contributed by atoms with E-state index in [4.69, 9.17) is 23.2 Å². The Hall–Kier alpha value is -2.29. The topological polar surface area (TPSA) is 92.9 Å². The molecular formula is C16H13Cl2N5O2S. The van der Waals surface area contributed by atoms with Crippen molar-refractivity contribution in [1.29, 1.82) is 0 Å². The molecule has 1 heterocycles. The fraction of sp³-hybridized carbons (Fsp3) is 0.125. The first-order valence-electron chi connectivity index (χ1n) is 7.44. The van der Waals surface area contributed by atoms with Crippen LogP contribution in [0.4, 0.5) is 5.69 Å². The van der Waals surface area contributed by atoms with Gasteiger partial charge in [-0.1, -0.05) is 35.0 Å². The highest BCUT2D eigenvalue weighted by Gasteiger charge is 2.20. The largest absolute Gasteiger partial charge is 0.508 e. The van der Waals surface area contributed by atoms with E-state index in [9.17, 15) is 9.90 Å². The van der Waals surface area contributed by atoms with Crippen LogP contribution in [0.3, 0.4) is 0 Å². The molecule has 1 amide bonds. The number of anilines is 1. The van der Waals surface area contributed by atoms with Gasteiger partial charge in [0, 0.05) is 5.02 Å². The molecule has 134 valence electrons. The first-order chi connectivity index (χ1) is 12.4. The number of phenols is 1. The van der Waals surface area contributed by atoms with Crippen LogP contribution in [0.1, 0.15) is 6.92 Å². The summed E-state index contributed by atoms with van der Waals surface area (Å²) >= 11 is 13.2. The van der Waals surface area contributed by atoms with Crippen LogP contribution in [-0.4, -0.2) is 36.5 Å². The summed E-state index contributed by atoms with van der Waals surface area (Å²) in [6.45, 7) is 1.73. The van der Waals surface area contributed by atoms with Gasteiger partial charge in [-0.05, 0) is 59.8 Å². The summed E-state index contributed by atoms with van der Waals surface area (Å²) in [6, 6.07) is 11.2. The molecule has 0 bridgehead atoms. The number of aromatic nitrogens is 4. The molecule has 1 aromatic heterocycles. The van der Waals surface area contributed by atoms with Gasteiger partial charge in [-0.15, -0.1) is 5.10 Å². The van der Waals surface area contributed by atoms with Crippen molar-refractivity contribution in [3.05, 3.63) is 52.5 Å². The van der Waals surface area contributed by atoms with Crippen LogP contribution in [0.2, 0.25) is 10.0 Å². The predicted molar refractivity (Wildman–Crippen MR) is 101 cm³/mol. The lowest BCUT2D eigenvalue weighted by molar-refractivity contribution is -0.115. The number of rotatable bonds is 5. The summed E-state index contributed by atoms with van der Waals surface area (Å²) in [5, 5.41) is 24.5. The highest BCUT2D eigenvalue weighted by molar-refractivity contribution is 8.00. The zero-order valence-electron chi connectivity index (χ0n) is 13.4. The van der Waals surface area contributed by atoms with Gasteiger partial charge in [0.05, 0.1) is 21.6 Å². The quantitative estimate of drug-likeness (QED) is 0.622. The molecule has 0 unspecified atom stereocenters. The van der Waals surface area contributed by atoms with Crippen LogP contribution in [-0.2, 0) is 4.79 Å². The number of tetrazole rings is 1. The number of carbonyl (C=O) groups excluding carboxylic acids is 1. The predicted octanol–water partition coefficient (Wildman–Crippen LogP) is 3.79. The minimum absolute atomic E-state index is 0.141. The molecule has 0 fully saturated rings. The second-order valence-corrected chi connectivity index (χ2v) is 7.41. The van der Waals surface area contributed by atoms with Crippen LogP contribution < -0.4 is 5.32 Å². The lowest BCUT2D eigenvalue weighted by Gasteiger charge is -2.13. The van der Waals surface area contributed by atoms with Gasteiger partial charge in [-0.3, -0.25) is 4.79 Å². The van der Waals surface area contributed by atoms with Crippen molar-refractivity contribution in [2.45, 2.75) is 17.3 Å². The molecule has 2 N–H and O–H groups in total. The number of benzene rings is 2. The fourth-order valence-corrected chi connectivity index (χ4v) is 3.19. The van der Waals surface area contributed by atoms with E-state index in [-0.39, 0.29) is 11.7 Å². The van der Waals surface area contributed by atoms with Crippen LogP contribution in [0.25, 0.3) is 5.69 Å². The number of nitrogens with zero attached hydrogens (tertiary/aromatic N) is 4. The van der Waals surface area contributed by atoms with Crippen LogP contribution in [0, 0.1) is 0 Å². The third-order valence-corrected chi connectivity index (χ3v) is 4.97. The number of halogens is 2. The second-order valence-electron chi connectivity index (χ2n) is 5.26. The van der Waals surface area contributed by atoms with Crippen molar-refractivity contribution in [2.75, 3.05) is 5.32 Å². The zero-order chi connectivity index (χ0) is 18.7. The fourth-order valence-electron chi connectivity index (χ4n) is 2.05. The summed E-state index contributed by atoms with van der Waals surface area (Å²) in [5.74, 6) is -0.124. The second kappa shape index (κ2) is 7.94. The summed E-state index contributed by atoms with van der Waals surface area (Å²) < 4.78 is 1.49. The van der Waals surface area contributed by atoms with E-state index in [1.54, 1.807) is 37.3 Å². The standard InChI is InChI=1S/C16H13Cl2N5O2S/c1-9(15(25)19-14-8-10(17)2-7-13(14)18)26-16-20-21-22-23(16)11-3-5-12(24)6-4-11/h2-9,24H,1H3,(H,19,25)/t9-/m1/s1. The van der Waals surface area contributed by atoms with E-state index in [2.05, 4.69) is 20.8 Å². The SMILES string of the molecule is C[C@@H](Sc1nnnn1-c1ccc(O)cc1)C(=O)Nc1cc(Cl)ccc1Cl. The molecule has 10 heteroatoms. The molecule has 3 aromatic rings. The van der Waals surface area contributed by atoms with E-state index < -0.39 is 5.25 Å². The molecule has 0 saturated carbocycles. The number of hydrogen-bond donors (Lipinski definition) is 2. The Balaban J connectivity index is 1.73. The van der Waals surface area contributed by atoms with Crippen molar-refractivity contribution >= 4 is 46.6 Å². The number of thioether (sulfide) groups is 1. The first kappa shape index (κ1) is 18.5. The Labute approximate surface area is 163 Å². The number of phenolic OH excluding ortho intramolecular Hbond substituents is 1. The molecule has 7 nitrogen and oxygen atoms in total. The Morgan fingerprint density at radius 3 is 2.69 bits per heavy atom. The van der Waals surface area contributed by atoms with Crippen molar-refractivity contribution in [2.24, 2.45) is 0 Å². The molecule has 0 aliphatic carbocycles. The van der Waals surface area contributed by atoms with Crippen LogP contribution in [0.15, 0.2) is 47.6 Å². The average Bonchev–Trinajstić information content (AvgIpc) is 3.07. The summed E-state index contributed by atoms with van der Waals surface area (Å²) in [7, 11) is 0. The monoisotopic (exact) mass is 409 g/mol. The van der Waals surface area contributed by atoms with Gasteiger partial charge in [-0.2, -0.15) is 4.68 Å². The zero-order valence-corrected chi connectivity index (χ0v) is 15.8. The van der Waals surface area contributed by atoms with E-state index in [1.165, 1.54) is 28.6 Å². The smallest absolute Gasteiger partial charge is 0.237 e. The minimum Gasteiger partial charge on any atom is -0.508 e. The lowest BCUT2D eigenvalue weighted by atomic mass is 10.3. The maximum Gasteiger partial charge on any atom is 0.237 e. The van der Waals surface area contributed by atoms with Crippen molar-refractivity contribution in [1.82, 2.24) is 20.2 Å². The van der Waals surface area contributed by atoms with Gasteiger partial charge >= 0.3 is 0 Å². The van der Waals surface area contributed by atoms with Gasteiger partial charge in [0.2, 0.25) is 11.1 Å².